The molecule has 0 saturated carbocycles. The number of nitriles is 1. The molecule has 0 saturated heterocycles. The maximum atomic E-state index is 7.76. The van der Waals surface area contributed by atoms with E-state index < -0.39 is 13.2 Å². The van der Waals surface area contributed by atoms with Gasteiger partial charge in [-0.1, -0.05) is 84.5 Å². The smallest absolute Gasteiger partial charge is 0.277 e. The van der Waals surface area contributed by atoms with E-state index >= 15 is 0 Å². The van der Waals surface area contributed by atoms with Crippen LogP contribution in [-0.2, 0) is 4.74 Å². The molecule has 0 aromatic heterocycles. The molecule has 0 rings (SSSR count). The summed E-state index contributed by atoms with van der Waals surface area (Å²) >= 11 is 30.8. The Morgan fingerprint density at radius 2 is 1.26 bits per heavy atom. The van der Waals surface area contributed by atoms with Gasteiger partial charge in [0.15, 0.2) is 0 Å². The number of hydrogen-bond acceptors (Lipinski definition) is 3. The van der Waals surface area contributed by atoms with Crippen LogP contribution in [0.25, 0.3) is 0 Å². The Morgan fingerprint density at radius 3 is 1.32 bits per heavy atom. The molecule has 0 aliphatic rings. The molecule has 0 amide bonds. The van der Waals surface area contributed by atoms with E-state index in [2.05, 4.69) is 0 Å². The molecule has 0 bridgehead atoms. The number of hydrogen-bond donors (Lipinski definition) is 1. The van der Waals surface area contributed by atoms with Crippen LogP contribution in [0.2, 0.25) is 0 Å². The summed E-state index contributed by atoms with van der Waals surface area (Å²) in [5.74, 6) is -0.352. The van der Waals surface area contributed by atoms with Crippen molar-refractivity contribution in [3.63, 3.8) is 0 Å². The third-order valence-electron chi connectivity index (χ3n) is 0.792. The third-order valence-corrected chi connectivity index (χ3v) is 1.56. The second-order valence-electron chi connectivity index (χ2n) is 3.65. The van der Waals surface area contributed by atoms with Crippen LogP contribution < -0.4 is 0 Å². The molecular formula is C10H18Cl6N2O. The highest BCUT2D eigenvalue weighted by Crippen LogP contribution is 2.29. The molecule has 0 radical (unpaired) electrons. The summed E-state index contributed by atoms with van der Waals surface area (Å²) in [5.41, 5.74) is -0.499. The molecule has 116 valence electrons. The fourth-order valence-corrected chi connectivity index (χ4v) is 0.480. The highest BCUT2D eigenvalue weighted by atomic mass is 35.6. The van der Waals surface area contributed by atoms with Crippen molar-refractivity contribution in [3.05, 3.63) is 0 Å². The fraction of sp³-hybridized carbons (Fsp3) is 0.800. The number of nitrogens with one attached hydrogen (secondary N) is 1. The van der Waals surface area contributed by atoms with E-state index in [9.17, 15) is 0 Å². The minimum absolute atomic E-state index is 0. The SMILES string of the molecule is C.C.CC(C)(C)OC(=N)C(Cl)(Cl)Cl.N#CC(Cl)(Cl)Cl. The van der Waals surface area contributed by atoms with Gasteiger partial charge in [0.2, 0.25) is 5.90 Å². The molecule has 1 N–H and O–H groups in total. The lowest BCUT2D eigenvalue weighted by molar-refractivity contribution is 0.112. The van der Waals surface area contributed by atoms with E-state index in [0.717, 1.165) is 0 Å². The minimum atomic E-state index is -1.76. The zero-order valence-corrected chi connectivity index (χ0v) is 13.7. The van der Waals surface area contributed by atoms with E-state index in [1.165, 1.54) is 6.07 Å². The summed E-state index contributed by atoms with van der Waals surface area (Å²) < 4.78 is 1.50. The van der Waals surface area contributed by atoms with E-state index in [4.69, 9.17) is 85.0 Å². The van der Waals surface area contributed by atoms with Crippen LogP contribution in [-0.4, -0.2) is 19.1 Å². The molecule has 0 fully saturated rings. The van der Waals surface area contributed by atoms with Crippen LogP contribution in [0.1, 0.15) is 35.6 Å². The Morgan fingerprint density at radius 1 is 1.00 bits per heavy atom. The topological polar surface area (TPSA) is 56.9 Å². The van der Waals surface area contributed by atoms with Crippen LogP contribution in [0.3, 0.4) is 0 Å². The van der Waals surface area contributed by atoms with Crippen LogP contribution in [0, 0.1) is 16.7 Å². The van der Waals surface area contributed by atoms with Gasteiger partial charge in [0, 0.05) is 0 Å². The summed E-state index contributed by atoms with van der Waals surface area (Å²) in [5, 5.41) is 14.9. The van der Waals surface area contributed by atoms with E-state index in [1.807, 2.05) is 0 Å². The molecule has 0 unspecified atom stereocenters. The monoisotopic (exact) mass is 392 g/mol. The predicted molar refractivity (Wildman–Crippen MR) is 88.2 cm³/mol. The van der Waals surface area contributed by atoms with Gasteiger partial charge in [0.25, 0.3) is 7.59 Å². The largest absolute Gasteiger partial charge is 0.472 e. The Bertz CT molecular complexity index is 295. The second-order valence-corrected chi connectivity index (χ2v) is 8.21. The van der Waals surface area contributed by atoms with Crippen LogP contribution in [0.15, 0.2) is 0 Å². The van der Waals surface area contributed by atoms with Crippen molar-refractivity contribution in [2.45, 2.75) is 48.8 Å². The van der Waals surface area contributed by atoms with Gasteiger partial charge in [-0.15, -0.1) is 0 Å². The van der Waals surface area contributed by atoms with Gasteiger partial charge in [0.1, 0.15) is 11.7 Å². The van der Waals surface area contributed by atoms with Gasteiger partial charge in [-0.3, -0.25) is 5.41 Å². The lowest BCUT2D eigenvalue weighted by Crippen LogP contribution is -2.31. The molecular weight excluding hydrogens is 377 g/mol. The molecule has 9 heteroatoms. The van der Waals surface area contributed by atoms with E-state index in [1.54, 1.807) is 20.8 Å². The lowest BCUT2D eigenvalue weighted by Gasteiger charge is -2.24. The van der Waals surface area contributed by atoms with Gasteiger partial charge in [-0.2, -0.15) is 5.26 Å². The first kappa shape index (κ1) is 27.9. The van der Waals surface area contributed by atoms with Gasteiger partial charge < -0.3 is 4.74 Å². The zero-order chi connectivity index (χ0) is 14.5. The van der Waals surface area contributed by atoms with Crippen molar-refractivity contribution in [2.75, 3.05) is 0 Å². The van der Waals surface area contributed by atoms with Crippen molar-refractivity contribution in [2.24, 2.45) is 0 Å². The normalized spacial score (nSPS) is 10.7. The zero-order valence-electron chi connectivity index (χ0n) is 9.12. The van der Waals surface area contributed by atoms with Gasteiger partial charge in [-0.25, -0.2) is 0 Å². The summed E-state index contributed by atoms with van der Waals surface area (Å²) in [7, 11) is 0. The standard InChI is InChI=1S/C6H10Cl3NO.C2Cl3N.2CH4/c1-5(2,3)11-4(10)6(7,8)9;3-2(4,5)1-6;;/h10H,1-3H3;;2*1H4. The average Bonchev–Trinajstić information content (AvgIpc) is 1.99. The summed E-state index contributed by atoms with van der Waals surface area (Å²) in [6, 6.07) is 1.40. The Balaban J connectivity index is -0.000000123. The number of rotatable bonds is 0. The van der Waals surface area contributed by atoms with Crippen molar-refractivity contribution >= 4 is 75.5 Å². The Hall–Kier alpha value is 0.700. The number of nitrogens with zero attached hydrogens (tertiary/aromatic N) is 1. The summed E-state index contributed by atoms with van der Waals surface area (Å²) in [6.45, 7) is 5.33. The van der Waals surface area contributed by atoms with Crippen molar-refractivity contribution < 1.29 is 4.74 Å². The van der Waals surface area contributed by atoms with Gasteiger partial charge in [-0.05, 0) is 20.8 Å². The molecule has 0 spiro atoms. The number of alkyl halides is 6. The third kappa shape index (κ3) is 24.1. The number of ether oxygens (including phenoxy) is 1. The van der Waals surface area contributed by atoms with Crippen molar-refractivity contribution in [1.82, 2.24) is 0 Å². The van der Waals surface area contributed by atoms with Crippen molar-refractivity contribution in [3.8, 4) is 6.07 Å². The predicted octanol–water partition coefficient (Wildman–Crippen LogP) is 6.30. The number of halogens is 6. The minimum Gasteiger partial charge on any atom is -0.472 e. The molecule has 19 heavy (non-hydrogen) atoms. The lowest BCUT2D eigenvalue weighted by atomic mass is 10.2. The highest BCUT2D eigenvalue weighted by Gasteiger charge is 2.31. The Kier molecular flexibility index (Phi) is 15.3. The molecule has 0 aliphatic carbocycles. The first-order valence-corrected chi connectivity index (χ1v) is 6.28. The summed E-state index contributed by atoms with van der Waals surface area (Å²) in [6.07, 6.45) is 0. The first-order chi connectivity index (χ1) is 7.19. The van der Waals surface area contributed by atoms with Gasteiger partial charge in [0.05, 0.1) is 0 Å². The van der Waals surface area contributed by atoms with Crippen molar-refractivity contribution in [1.29, 1.82) is 10.7 Å². The molecule has 0 aliphatic heterocycles. The van der Waals surface area contributed by atoms with Crippen LogP contribution in [0.5, 0.6) is 0 Å². The second kappa shape index (κ2) is 10.4. The molecule has 0 aromatic rings. The average molecular weight is 395 g/mol. The van der Waals surface area contributed by atoms with Crippen LogP contribution >= 0.6 is 69.6 Å². The molecule has 0 heterocycles. The van der Waals surface area contributed by atoms with Crippen LogP contribution in [0.4, 0.5) is 0 Å². The fourth-order valence-electron chi connectivity index (χ4n) is 0.364. The highest BCUT2D eigenvalue weighted by molar-refractivity contribution is 6.76. The molecule has 0 atom stereocenters. The van der Waals surface area contributed by atoms with Gasteiger partial charge >= 0.3 is 0 Å². The molecule has 0 aromatic carbocycles. The summed E-state index contributed by atoms with van der Waals surface area (Å²) in [4.78, 5) is 0. The Labute approximate surface area is 145 Å². The maximum absolute atomic E-state index is 7.76. The first-order valence-electron chi connectivity index (χ1n) is 4.02. The maximum Gasteiger partial charge on any atom is 0.277 e. The van der Waals surface area contributed by atoms with E-state index in [0.29, 0.717) is 0 Å². The quantitative estimate of drug-likeness (QED) is 0.297. The van der Waals surface area contributed by atoms with E-state index in [-0.39, 0.29) is 20.8 Å². The molecule has 3 nitrogen and oxygen atoms in total.